The van der Waals surface area contributed by atoms with Crippen LogP contribution in [0.15, 0.2) is 36.7 Å². The Morgan fingerprint density at radius 3 is 2.71 bits per heavy atom. The summed E-state index contributed by atoms with van der Waals surface area (Å²) in [4.78, 5) is 3.90. The molecule has 0 amide bonds. The molecule has 0 spiro atoms. The average Bonchev–Trinajstić information content (AvgIpc) is 2.29. The van der Waals surface area contributed by atoms with E-state index in [2.05, 4.69) is 4.98 Å². The molecule has 0 unspecified atom stereocenters. The molecular weight excluding hydrogens is 238 g/mol. The van der Waals surface area contributed by atoms with Crippen molar-refractivity contribution in [2.45, 2.75) is 0 Å². The minimum absolute atomic E-state index is 0.375. The third kappa shape index (κ3) is 2.65. The van der Waals surface area contributed by atoms with Crippen molar-refractivity contribution in [3.63, 3.8) is 0 Å². The zero-order chi connectivity index (χ0) is 12.3. The molecule has 0 atom stereocenters. The van der Waals surface area contributed by atoms with Crippen LogP contribution in [0.5, 0.6) is 11.5 Å². The lowest BCUT2D eigenvalue weighted by Gasteiger charge is -2.06. The highest BCUT2D eigenvalue weighted by Crippen LogP contribution is 2.25. The molecule has 1 aromatic carbocycles. The van der Waals surface area contributed by atoms with Crippen molar-refractivity contribution in [3.05, 3.63) is 47.2 Å². The van der Waals surface area contributed by atoms with Crippen molar-refractivity contribution in [1.29, 1.82) is 5.26 Å². The molecule has 17 heavy (non-hydrogen) atoms. The SMILES string of the molecule is N#Cc1ccc(Oc2cncc(Cl)c2)cc1N. The summed E-state index contributed by atoms with van der Waals surface area (Å²) in [6.07, 6.45) is 3.06. The van der Waals surface area contributed by atoms with Gasteiger partial charge < -0.3 is 10.5 Å². The minimum Gasteiger partial charge on any atom is -0.456 e. The van der Waals surface area contributed by atoms with Crippen molar-refractivity contribution in [3.8, 4) is 17.6 Å². The lowest BCUT2D eigenvalue weighted by atomic mass is 10.2. The molecule has 0 radical (unpaired) electrons. The van der Waals surface area contributed by atoms with Gasteiger partial charge in [-0.2, -0.15) is 5.26 Å². The van der Waals surface area contributed by atoms with E-state index in [1.807, 2.05) is 6.07 Å². The standard InChI is InChI=1S/C12H8ClN3O/c13-9-3-11(7-16-6-9)17-10-2-1-8(5-14)12(15)4-10/h1-4,6-7H,15H2. The van der Waals surface area contributed by atoms with Crippen molar-refractivity contribution < 1.29 is 4.74 Å². The molecule has 2 aromatic rings. The molecule has 1 heterocycles. The number of nitrogens with two attached hydrogens (primary N) is 1. The second kappa shape index (κ2) is 4.73. The number of halogens is 1. The van der Waals surface area contributed by atoms with Crippen molar-refractivity contribution in [2.24, 2.45) is 0 Å². The topological polar surface area (TPSA) is 71.9 Å². The number of benzene rings is 1. The molecule has 84 valence electrons. The number of ether oxygens (including phenoxy) is 1. The van der Waals surface area contributed by atoms with Crippen LogP contribution in [-0.2, 0) is 0 Å². The summed E-state index contributed by atoms with van der Waals surface area (Å²) < 4.78 is 5.50. The second-order valence-corrected chi connectivity index (χ2v) is 3.74. The van der Waals surface area contributed by atoms with Crippen molar-refractivity contribution >= 4 is 17.3 Å². The van der Waals surface area contributed by atoms with E-state index in [0.717, 1.165) is 0 Å². The predicted octanol–water partition coefficient (Wildman–Crippen LogP) is 2.98. The van der Waals surface area contributed by atoms with Crippen LogP contribution in [0, 0.1) is 11.3 Å². The van der Waals surface area contributed by atoms with E-state index >= 15 is 0 Å². The quantitative estimate of drug-likeness (QED) is 0.826. The zero-order valence-corrected chi connectivity index (χ0v) is 9.48. The Hall–Kier alpha value is -2.25. The Bertz CT molecular complexity index is 593. The van der Waals surface area contributed by atoms with Crippen LogP contribution < -0.4 is 10.5 Å². The molecule has 1 aromatic heterocycles. The molecule has 2 rings (SSSR count). The van der Waals surface area contributed by atoms with Crippen LogP contribution in [0.2, 0.25) is 5.02 Å². The summed E-state index contributed by atoms with van der Waals surface area (Å²) in [7, 11) is 0. The highest BCUT2D eigenvalue weighted by atomic mass is 35.5. The summed E-state index contributed by atoms with van der Waals surface area (Å²) in [5.41, 5.74) is 6.46. The van der Waals surface area contributed by atoms with Crippen LogP contribution in [0.3, 0.4) is 0 Å². The minimum atomic E-state index is 0.375. The Balaban J connectivity index is 2.25. The molecule has 4 nitrogen and oxygen atoms in total. The van der Waals surface area contributed by atoms with Crippen LogP contribution in [-0.4, -0.2) is 4.98 Å². The monoisotopic (exact) mass is 245 g/mol. The van der Waals surface area contributed by atoms with Gasteiger partial charge in [-0.15, -0.1) is 0 Å². The third-order valence-electron chi connectivity index (χ3n) is 2.06. The molecule has 0 fully saturated rings. The Kier molecular flexibility index (Phi) is 3.12. The number of nitrogens with zero attached hydrogens (tertiary/aromatic N) is 2. The number of anilines is 1. The first kappa shape index (κ1) is 11.2. The zero-order valence-electron chi connectivity index (χ0n) is 8.72. The molecular formula is C12H8ClN3O. The first-order valence-corrected chi connectivity index (χ1v) is 5.15. The van der Waals surface area contributed by atoms with Crippen LogP contribution in [0.1, 0.15) is 5.56 Å². The highest BCUT2D eigenvalue weighted by molar-refractivity contribution is 6.30. The summed E-state index contributed by atoms with van der Waals surface area (Å²) in [5.74, 6) is 1.05. The molecule has 0 aliphatic heterocycles. The van der Waals surface area contributed by atoms with Crippen LogP contribution >= 0.6 is 11.6 Å². The largest absolute Gasteiger partial charge is 0.456 e. The fourth-order valence-corrected chi connectivity index (χ4v) is 1.45. The number of hydrogen-bond donors (Lipinski definition) is 1. The average molecular weight is 246 g/mol. The maximum atomic E-state index is 8.74. The van der Waals surface area contributed by atoms with E-state index in [9.17, 15) is 0 Å². The number of pyridine rings is 1. The van der Waals surface area contributed by atoms with Gasteiger partial charge in [0.15, 0.2) is 0 Å². The van der Waals surface area contributed by atoms with E-state index in [1.54, 1.807) is 30.5 Å². The van der Waals surface area contributed by atoms with E-state index in [4.69, 9.17) is 27.3 Å². The molecule has 0 aliphatic carbocycles. The summed E-state index contributed by atoms with van der Waals surface area (Å²) in [6, 6.07) is 8.47. The van der Waals surface area contributed by atoms with Crippen LogP contribution in [0.4, 0.5) is 5.69 Å². The fraction of sp³-hybridized carbons (Fsp3) is 0. The highest BCUT2D eigenvalue weighted by Gasteiger charge is 2.02. The normalized spacial score (nSPS) is 9.65. The van der Waals surface area contributed by atoms with Gasteiger partial charge in [0.2, 0.25) is 0 Å². The van der Waals surface area contributed by atoms with Gasteiger partial charge in [0, 0.05) is 18.3 Å². The smallest absolute Gasteiger partial charge is 0.147 e. The number of nitriles is 1. The molecule has 0 saturated carbocycles. The van der Waals surface area contributed by atoms with Gasteiger partial charge in [-0.1, -0.05) is 11.6 Å². The molecule has 0 aliphatic rings. The number of aromatic nitrogens is 1. The lowest BCUT2D eigenvalue weighted by Crippen LogP contribution is -1.92. The molecule has 0 saturated heterocycles. The van der Waals surface area contributed by atoms with E-state index in [0.29, 0.717) is 27.8 Å². The Morgan fingerprint density at radius 2 is 2.06 bits per heavy atom. The Labute approximate surface area is 103 Å². The summed E-state index contributed by atoms with van der Waals surface area (Å²) >= 11 is 5.78. The van der Waals surface area contributed by atoms with Crippen LogP contribution in [0.25, 0.3) is 0 Å². The molecule has 5 heteroatoms. The van der Waals surface area contributed by atoms with Gasteiger partial charge in [-0.25, -0.2) is 0 Å². The maximum Gasteiger partial charge on any atom is 0.147 e. The second-order valence-electron chi connectivity index (χ2n) is 3.30. The Morgan fingerprint density at radius 1 is 1.24 bits per heavy atom. The van der Waals surface area contributed by atoms with Crippen molar-refractivity contribution in [1.82, 2.24) is 4.98 Å². The third-order valence-corrected chi connectivity index (χ3v) is 2.27. The van der Waals surface area contributed by atoms with E-state index in [-0.39, 0.29) is 0 Å². The van der Waals surface area contributed by atoms with Gasteiger partial charge in [0.05, 0.1) is 22.5 Å². The predicted molar refractivity (Wildman–Crippen MR) is 64.9 cm³/mol. The fourth-order valence-electron chi connectivity index (χ4n) is 1.29. The van der Waals surface area contributed by atoms with Crippen molar-refractivity contribution in [2.75, 3.05) is 5.73 Å². The first-order valence-electron chi connectivity index (χ1n) is 4.77. The first-order chi connectivity index (χ1) is 8.19. The summed E-state index contributed by atoms with van der Waals surface area (Å²) in [6.45, 7) is 0. The molecule has 0 bridgehead atoms. The van der Waals surface area contributed by atoms with E-state index < -0.39 is 0 Å². The van der Waals surface area contributed by atoms with Gasteiger partial charge in [-0.05, 0) is 12.1 Å². The number of rotatable bonds is 2. The lowest BCUT2D eigenvalue weighted by molar-refractivity contribution is 0.480. The van der Waals surface area contributed by atoms with Gasteiger partial charge in [0.25, 0.3) is 0 Å². The van der Waals surface area contributed by atoms with Gasteiger partial charge >= 0.3 is 0 Å². The van der Waals surface area contributed by atoms with E-state index in [1.165, 1.54) is 6.20 Å². The molecule has 2 N–H and O–H groups in total. The summed E-state index contributed by atoms with van der Waals surface area (Å²) in [5, 5.41) is 9.23. The number of nitrogen functional groups attached to an aromatic ring is 1. The number of hydrogen-bond acceptors (Lipinski definition) is 4. The van der Waals surface area contributed by atoms with Gasteiger partial charge in [0.1, 0.15) is 17.6 Å². The maximum absolute atomic E-state index is 8.74. The van der Waals surface area contributed by atoms with Gasteiger partial charge in [-0.3, -0.25) is 4.98 Å².